The summed E-state index contributed by atoms with van der Waals surface area (Å²) in [6.07, 6.45) is 0. The first-order valence-corrected chi connectivity index (χ1v) is 6.35. The first-order valence-electron chi connectivity index (χ1n) is 5.54. The normalized spacial score (nSPS) is 10.2. The fraction of sp³-hybridized carbons (Fsp3) is 0.167. The zero-order valence-corrected chi connectivity index (χ0v) is 13.0. The number of tetrazole rings is 1. The van der Waals surface area contributed by atoms with Gasteiger partial charge in [-0.2, -0.15) is 0 Å². The second-order valence-electron chi connectivity index (χ2n) is 3.91. The van der Waals surface area contributed by atoms with Crippen molar-refractivity contribution >= 4 is 28.3 Å². The third-order valence-corrected chi connectivity index (χ3v) is 3.67. The fourth-order valence-corrected chi connectivity index (χ4v) is 2.35. The van der Waals surface area contributed by atoms with Crippen LogP contribution in [0.5, 0.6) is 0 Å². The van der Waals surface area contributed by atoms with Crippen molar-refractivity contribution in [2.75, 3.05) is 0 Å². The van der Waals surface area contributed by atoms with Crippen LogP contribution in [0.25, 0.3) is 16.5 Å². The average Bonchev–Trinajstić information content (AvgIpc) is 2.99. The van der Waals surface area contributed by atoms with Gasteiger partial charge in [-0.3, -0.25) is 0 Å². The molecule has 98 valence electrons. The average molecular weight is 338 g/mol. The predicted octanol–water partition coefficient (Wildman–Crippen LogP) is 2.98. The molecule has 2 heterocycles. The summed E-state index contributed by atoms with van der Waals surface area (Å²) in [6.45, 7) is 4.01. The summed E-state index contributed by atoms with van der Waals surface area (Å²) in [4.78, 5) is 7.05. The second-order valence-corrected chi connectivity index (χ2v) is 5.09. The molecule has 0 saturated carbocycles. The van der Waals surface area contributed by atoms with Gasteiger partial charge < -0.3 is 0 Å². The van der Waals surface area contributed by atoms with E-state index in [1.54, 1.807) is 11.3 Å². The highest BCUT2D eigenvalue weighted by Crippen LogP contribution is 2.20. The molecule has 0 saturated heterocycles. The van der Waals surface area contributed by atoms with Crippen molar-refractivity contribution in [3.63, 3.8) is 0 Å². The smallest absolute Gasteiger partial charge is 0.222 e. The monoisotopic (exact) mass is 337 g/mol. The molecule has 0 aliphatic carbocycles. The van der Waals surface area contributed by atoms with Gasteiger partial charge in [0.15, 0.2) is 0 Å². The molecule has 0 spiro atoms. The van der Waals surface area contributed by atoms with Crippen LogP contribution in [-0.4, -0.2) is 25.2 Å². The number of benzene rings is 1. The van der Waals surface area contributed by atoms with E-state index in [0.29, 0.717) is 5.82 Å². The van der Waals surface area contributed by atoms with Gasteiger partial charge in [-0.15, -0.1) is 32.0 Å². The minimum Gasteiger partial charge on any atom is -0.222 e. The predicted molar refractivity (Wildman–Crippen MR) is 80.1 cm³/mol. The Kier molecular flexibility index (Phi) is 4.06. The topological polar surface area (TPSA) is 56.5 Å². The Bertz CT molecular complexity index is 657. The van der Waals surface area contributed by atoms with Gasteiger partial charge >= 0.3 is 0 Å². The number of halogens is 1. The summed E-state index contributed by atoms with van der Waals surface area (Å²) >= 11 is 1.56. The largest absolute Gasteiger partial charge is 0.232 e. The van der Waals surface area contributed by atoms with Crippen LogP contribution in [0.2, 0.25) is 0 Å². The number of aryl methyl sites for hydroxylation is 2. The van der Waals surface area contributed by atoms with E-state index in [2.05, 4.69) is 20.4 Å². The molecule has 0 atom stereocenters. The van der Waals surface area contributed by atoms with Crippen molar-refractivity contribution in [3.05, 3.63) is 40.9 Å². The summed E-state index contributed by atoms with van der Waals surface area (Å²) in [7, 11) is 0. The molecule has 0 fully saturated rings. The maximum Gasteiger partial charge on any atom is 0.232 e. The van der Waals surface area contributed by atoms with E-state index >= 15 is 0 Å². The summed E-state index contributed by atoms with van der Waals surface area (Å²) in [5, 5.41) is 13.2. The molecule has 2 aromatic heterocycles. The Morgan fingerprint density at radius 1 is 1.11 bits per heavy atom. The van der Waals surface area contributed by atoms with Crippen LogP contribution in [0, 0.1) is 13.8 Å². The van der Waals surface area contributed by atoms with E-state index in [9.17, 15) is 0 Å². The van der Waals surface area contributed by atoms with Crippen LogP contribution in [-0.2, 0) is 0 Å². The van der Waals surface area contributed by atoms with Gasteiger partial charge in [-0.1, -0.05) is 41.7 Å². The molecular weight excluding hydrogens is 326 g/mol. The van der Waals surface area contributed by atoms with Crippen LogP contribution in [0.15, 0.2) is 30.3 Å². The third kappa shape index (κ3) is 2.71. The van der Waals surface area contributed by atoms with E-state index < -0.39 is 0 Å². The molecule has 0 aliphatic rings. The number of hydrogen-bond acceptors (Lipinski definition) is 5. The molecule has 3 rings (SSSR count). The summed E-state index contributed by atoms with van der Waals surface area (Å²) in [6, 6.07) is 9.78. The van der Waals surface area contributed by atoms with Gasteiger partial charge in [0.1, 0.15) is 0 Å². The Hall–Kier alpha value is -1.60. The van der Waals surface area contributed by atoms with Crippen LogP contribution in [0.3, 0.4) is 0 Å². The van der Waals surface area contributed by atoms with Crippen LogP contribution in [0.4, 0.5) is 0 Å². The maximum absolute atomic E-state index is 4.40. The Morgan fingerprint density at radius 3 is 2.47 bits per heavy atom. The van der Waals surface area contributed by atoms with Gasteiger partial charge in [0.25, 0.3) is 0 Å². The van der Waals surface area contributed by atoms with E-state index in [4.69, 9.17) is 0 Å². The van der Waals surface area contributed by atoms with Crippen molar-refractivity contribution < 1.29 is 0 Å². The molecule has 3 aromatic rings. The summed E-state index contributed by atoms with van der Waals surface area (Å²) < 4.78 is 0. The standard InChI is InChI=1S/C12H11N5S.BrH/c1-8-9(2)18-12(13-8)17-15-11(14-16-17)10-6-4-3-5-7-10;/h3-7H,1-2H3;1H. The highest BCUT2D eigenvalue weighted by molar-refractivity contribution is 8.93. The van der Waals surface area contributed by atoms with Crippen LogP contribution < -0.4 is 0 Å². The first kappa shape index (κ1) is 13.8. The van der Waals surface area contributed by atoms with Gasteiger partial charge in [0.2, 0.25) is 11.0 Å². The number of nitrogens with zero attached hydrogens (tertiary/aromatic N) is 5. The molecule has 0 unspecified atom stereocenters. The molecule has 7 heteroatoms. The first-order chi connectivity index (χ1) is 8.74. The zero-order chi connectivity index (χ0) is 12.5. The lowest BCUT2D eigenvalue weighted by Gasteiger charge is -1.91. The Balaban J connectivity index is 0.00000133. The highest BCUT2D eigenvalue weighted by Gasteiger charge is 2.10. The molecular formula is C12H12BrN5S. The minimum atomic E-state index is 0. The lowest BCUT2D eigenvalue weighted by atomic mass is 10.2. The summed E-state index contributed by atoms with van der Waals surface area (Å²) in [5.41, 5.74) is 1.96. The molecule has 0 radical (unpaired) electrons. The Morgan fingerprint density at radius 2 is 1.84 bits per heavy atom. The minimum absolute atomic E-state index is 0. The lowest BCUT2D eigenvalue weighted by Crippen LogP contribution is -1.98. The van der Waals surface area contributed by atoms with Gasteiger partial charge in [-0.25, -0.2) is 4.98 Å². The number of hydrogen-bond donors (Lipinski definition) is 0. The fourth-order valence-electron chi connectivity index (χ4n) is 1.54. The molecule has 0 amide bonds. The SMILES string of the molecule is Br.Cc1nc(-n2nnc(-c3ccccc3)n2)sc1C. The Labute approximate surface area is 125 Å². The van der Waals surface area contributed by atoms with Crippen LogP contribution in [0.1, 0.15) is 10.6 Å². The molecule has 1 aromatic carbocycles. The zero-order valence-electron chi connectivity index (χ0n) is 10.4. The van der Waals surface area contributed by atoms with Crippen molar-refractivity contribution in [1.29, 1.82) is 0 Å². The van der Waals surface area contributed by atoms with Gasteiger partial charge in [0.05, 0.1) is 5.69 Å². The van der Waals surface area contributed by atoms with Crippen molar-refractivity contribution in [1.82, 2.24) is 25.2 Å². The lowest BCUT2D eigenvalue weighted by molar-refractivity contribution is 0.713. The van der Waals surface area contributed by atoms with E-state index in [1.165, 1.54) is 9.67 Å². The molecule has 19 heavy (non-hydrogen) atoms. The molecule has 5 nitrogen and oxygen atoms in total. The highest BCUT2D eigenvalue weighted by atomic mass is 79.9. The number of thiazole rings is 1. The summed E-state index contributed by atoms with van der Waals surface area (Å²) in [5.74, 6) is 0.612. The maximum atomic E-state index is 4.40. The number of aromatic nitrogens is 5. The second kappa shape index (κ2) is 5.58. The van der Waals surface area contributed by atoms with Crippen molar-refractivity contribution in [2.24, 2.45) is 0 Å². The number of rotatable bonds is 2. The molecule has 0 bridgehead atoms. The van der Waals surface area contributed by atoms with Gasteiger partial charge in [-0.05, 0) is 19.1 Å². The quantitative estimate of drug-likeness (QED) is 0.721. The van der Waals surface area contributed by atoms with Crippen molar-refractivity contribution in [3.8, 4) is 16.5 Å². The van der Waals surface area contributed by atoms with E-state index in [-0.39, 0.29) is 17.0 Å². The molecule has 0 N–H and O–H groups in total. The third-order valence-electron chi connectivity index (χ3n) is 2.63. The van der Waals surface area contributed by atoms with Gasteiger partial charge in [0, 0.05) is 10.4 Å². The van der Waals surface area contributed by atoms with E-state index in [0.717, 1.165) is 16.4 Å². The van der Waals surface area contributed by atoms with E-state index in [1.807, 2.05) is 44.2 Å². The molecule has 0 aliphatic heterocycles. The van der Waals surface area contributed by atoms with Crippen LogP contribution >= 0.6 is 28.3 Å². The van der Waals surface area contributed by atoms with Crippen molar-refractivity contribution in [2.45, 2.75) is 13.8 Å².